The van der Waals surface area contributed by atoms with Crippen molar-refractivity contribution in [3.8, 4) is 17.0 Å². The Morgan fingerprint density at radius 3 is 2.31 bits per heavy atom. The summed E-state index contributed by atoms with van der Waals surface area (Å²) in [7, 11) is 0. The molecule has 0 fully saturated rings. The monoisotopic (exact) mass is 435 g/mol. The second-order valence-corrected chi connectivity index (χ2v) is 7.80. The third kappa shape index (κ3) is 4.97. The molecule has 32 heavy (non-hydrogen) atoms. The largest absolute Gasteiger partial charge is 0.462 e. The van der Waals surface area contributed by atoms with Gasteiger partial charge in [-0.05, 0) is 76.1 Å². The number of esters is 2. The molecule has 0 atom stereocenters. The van der Waals surface area contributed by atoms with Crippen molar-refractivity contribution in [3.63, 3.8) is 0 Å². The average molecular weight is 436 g/mol. The Labute approximate surface area is 188 Å². The van der Waals surface area contributed by atoms with Gasteiger partial charge in [-0.25, -0.2) is 14.6 Å². The smallest absolute Gasteiger partial charge is 0.343 e. The Kier molecular flexibility index (Phi) is 7.26. The Balaban J connectivity index is 2.00. The second-order valence-electron chi connectivity index (χ2n) is 7.80. The van der Waals surface area contributed by atoms with E-state index in [-0.39, 0.29) is 6.61 Å². The number of ether oxygens (including phenoxy) is 3. The van der Waals surface area contributed by atoms with E-state index in [1.54, 1.807) is 45.0 Å². The molecule has 3 rings (SSSR count). The molecule has 0 saturated heterocycles. The van der Waals surface area contributed by atoms with Crippen LogP contribution in [0.1, 0.15) is 50.5 Å². The fourth-order valence-electron chi connectivity index (χ4n) is 3.48. The number of hydrogen-bond acceptors (Lipinski definition) is 6. The van der Waals surface area contributed by atoms with Crippen LogP contribution >= 0.6 is 0 Å². The highest BCUT2D eigenvalue weighted by molar-refractivity contribution is 6.01. The standard InChI is InChI=1S/C26H29NO5/c1-6-17-10-9-11-22-20(17)16-21(24(28)30-7-2)23(27-22)18-12-14-19(15-13-18)32-25(29)26(4,5)31-8-3/h9-16H,6-8H2,1-5H3. The number of aryl methyl sites for hydroxylation is 1. The lowest BCUT2D eigenvalue weighted by Gasteiger charge is -2.22. The Bertz CT molecular complexity index is 1120. The van der Waals surface area contributed by atoms with Crippen LogP contribution in [0.3, 0.4) is 0 Å². The van der Waals surface area contributed by atoms with Gasteiger partial charge >= 0.3 is 11.9 Å². The molecule has 3 aromatic rings. The molecule has 0 bridgehead atoms. The molecule has 168 valence electrons. The number of fused-ring (bicyclic) bond motifs is 1. The van der Waals surface area contributed by atoms with Crippen LogP contribution in [0.2, 0.25) is 0 Å². The average Bonchev–Trinajstić information content (AvgIpc) is 2.78. The Morgan fingerprint density at radius 1 is 0.969 bits per heavy atom. The van der Waals surface area contributed by atoms with Crippen molar-refractivity contribution in [1.82, 2.24) is 4.98 Å². The summed E-state index contributed by atoms with van der Waals surface area (Å²) in [6.45, 7) is 9.69. The van der Waals surface area contributed by atoms with E-state index in [0.717, 1.165) is 28.5 Å². The van der Waals surface area contributed by atoms with Crippen LogP contribution in [-0.2, 0) is 20.7 Å². The number of nitrogens with zero attached hydrogens (tertiary/aromatic N) is 1. The van der Waals surface area contributed by atoms with Crippen LogP contribution in [-0.4, -0.2) is 35.7 Å². The molecule has 0 radical (unpaired) electrons. The molecule has 6 nitrogen and oxygen atoms in total. The van der Waals surface area contributed by atoms with Crippen molar-refractivity contribution >= 4 is 22.8 Å². The van der Waals surface area contributed by atoms with Crippen molar-refractivity contribution in [2.45, 2.75) is 46.6 Å². The zero-order valence-corrected chi connectivity index (χ0v) is 19.2. The summed E-state index contributed by atoms with van der Waals surface area (Å²) in [6.07, 6.45) is 0.832. The van der Waals surface area contributed by atoms with Gasteiger partial charge < -0.3 is 14.2 Å². The summed E-state index contributed by atoms with van der Waals surface area (Å²) in [5.74, 6) is -0.509. The van der Waals surface area contributed by atoms with Gasteiger partial charge in [-0.15, -0.1) is 0 Å². The summed E-state index contributed by atoms with van der Waals surface area (Å²) in [5.41, 5.74) is 2.54. The van der Waals surface area contributed by atoms with E-state index in [1.165, 1.54) is 0 Å². The number of hydrogen-bond donors (Lipinski definition) is 0. The number of benzene rings is 2. The zero-order chi connectivity index (χ0) is 23.3. The maximum Gasteiger partial charge on any atom is 0.343 e. The summed E-state index contributed by atoms with van der Waals surface area (Å²) < 4.78 is 16.2. The van der Waals surface area contributed by atoms with Gasteiger partial charge in [-0.3, -0.25) is 0 Å². The maximum absolute atomic E-state index is 12.7. The molecule has 2 aromatic carbocycles. The minimum absolute atomic E-state index is 0.274. The highest BCUT2D eigenvalue weighted by atomic mass is 16.6. The zero-order valence-electron chi connectivity index (χ0n) is 19.2. The first kappa shape index (κ1) is 23.4. The molecular formula is C26H29NO5. The van der Waals surface area contributed by atoms with Gasteiger partial charge in [-0.2, -0.15) is 0 Å². The van der Waals surface area contributed by atoms with Crippen molar-refractivity contribution in [1.29, 1.82) is 0 Å². The summed E-state index contributed by atoms with van der Waals surface area (Å²) in [5, 5.41) is 0.936. The van der Waals surface area contributed by atoms with Crippen molar-refractivity contribution in [3.05, 3.63) is 59.7 Å². The van der Waals surface area contributed by atoms with E-state index in [1.807, 2.05) is 31.2 Å². The molecule has 1 heterocycles. The lowest BCUT2D eigenvalue weighted by molar-refractivity contribution is -0.157. The third-order valence-electron chi connectivity index (χ3n) is 5.16. The van der Waals surface area contributed by atoms with E-state index < -0.39 is 17.5 Å². The van der Waals surface area contributed by atoms with Crippen molar-refractivity contribution < 1.29 is 23.8 Å². The molecule has 0 saturated carbocycles. The molecule has 6 heteroatoms. The molecule has 0 amide bonds. The first-order chi connectivity index (χ1) is 15.3. The number of rotatable bonds is 8. The van der Waals surface area contributed by atoms with Gasteiger partial charge in [0.15, 0.2) is 5.60 Å². The van der Waals surface area contributed by atoms with E-state index in [2.05, 4.69) is 6.92 Å². The fourth-order valence-corrected chi connectivity index (χ4v) is 3.48. The Morgan fingerprint density at radius 2 is 1.69 bits per heavy atom. The highest BCUT2D eigenvalue weighted by Gasteiger charge is 2.30. The van der Waals surface area contributed by atoms with Crippen LogP contribution in [0.4, 0.5) is 0 Å². The maximum atomic E-state index is 12.7. The van der Waals surface area contributed by atoms with Crippen molar-refractivity contribution in [2.75, 3.05) is 13.2 Å². The minimum atomic E-state index is -1.04. The van der Waals surface area contributed by atoms with Crippen LogP contribution < -0.4 is 4.74 Å². The molecular weight excluding hydrogens is 406 g/mol. The van der Waals surface area contributed by atoms with Crippen LogP contribution in [0.25, 0.3) is 22.2 Å². The van der Waals surface area contributed by atoms with Crippen molar-refractivity contribution in [2.24, 2.45) is 0 Å². The van der Waals surface area contributed by atoms with E-state index in [4.69, 9.17) is 19.2 Å². The van der Waals surface area contributed by atoms with E-state index in [0.29, 0.717) is 23.6 Å². The number of carbonyl (C=O) groups excluding carboxylic acids is 2. The van der Waals surface area contributed by atoms with Crippen LogP contribution in [0.5, 0.6) is 5.75 Å². The van der Waals surface area contributed by atoms with Crippen LogP contribution in [0.15, 0.2) is 48.5 Å². The van der Waals surface area contributed by atoms with Gasteiger partial charge in [0.2, 0.25) is 0 Å². The predicted molar refractivity (Wildman–Crippen MR) is 124 cm³/mol. The van der Waals surface area contributed by atoms with Crippen LogP contribution in [0, 0.1) is 0 Å². The molecule has 1 aromatic heterocycles. The summed E-state index contributed by atoms with van der Waals surface area (Å²) in [4.78, 5) is 29.9. The van der Waals surface area contributed by atoms with Gasteiger partial charge in [0.25, 0.3) is 0 Å². The van der Waals surface area contributed by atoms with E-state index in [9.17, 15) is 9.59 Å². The van der Waals surface area contributed by atoms with Gasteiger partial charge in [0.1, 0.15) is 5.75 Å². The van der Waals surface area contributed by atoms with Gasteiger partial charge in [0, 0.05) is 17.6 Å². The first-order valence-corrected chi connectivity index (χ1v) is 10.9. The molecule has 0 N–H and O–H groups in total. The number of aromatic nitrogens is 1. The topological polar surface area (TPSA) is 74.7 Å². The minimum Gasteiger partial charge on any atom is -0.462 e. The molecule has 0 aliphatic heterocycles. The SMILES string of the molecule is CCOC(=O)c1cc2c(CC)cccc2nc1-c1ccc(OC(=O)C(C)(C)OCC)cc1. The molecule has 0 aliphatic carbocycles. The lowest BCUT2D eigenvalue weighted by Crippen LogP contribution is -2.38. The lowest BCUT2D eigenvalue weighted by atomic mass is 9.99. The molecule has 0 spiro atoms. The quantitative estimate of drug-likeness (QED) is 0.350. The molecule has 0 aliphatic rings. The summed E-state index contributed by atoms with van der Waals surface area (Å²) in [6, 6.07) is 14.7. The fraction of sp³-hybridized carbons (Fsp3) is 0.346. The summed E-state index contributed by atoms with van der Waals surface area (Å²) >= 11 is 0. The van der Waals surface area contributed by atoms with Gasteiger partial charge in [0.05, 0.1) is 23.4 Å². The molecule has 0 unspecified atom stereocenters. The number of carbonyl (C=O) groups is 2. The third-order valence-corrected chi connectivity index (χ3v) is 5.16. The number of pyridine rings is 1. The highest BCUT2D eigenvalue weighted by Crippen LogP contribution is 2.30. The van der Waals surface area contributed by atoms with E-state index >= 15 is 0 Å². The second kappa shape index (κ2) is 9.92. The normalized spacial score (nSPS) is 11.4. The van der Waals surface area contributed by atoms with Gasteiger partial charge in [-0.1, -0.05) is 19.1 Å². The Hall–Kier alpha value is -3.25. The predicted octanol–water partition coefficient (Wildman–Crippen LogP) is 5.36. The first-order valence-electron chi connectivity index (χ1n) is 10.9.